The molecule has 0 heterocycles. The minimum Gasteiger partial charge on any atom is -0.481 e. The first-order valence-electron chi connectivity index (χ1n) is 3.31. The fourth-order valence-corrected chi connectivity index (χ4v) is 0.395. The van der Waals surface area contributed by atoms with Gasteiger partial charge in [-0.2, -0.15) is 4.89 Å². The third-order valence-electron chi connectivity index (χ3n) is 0.869. The Bertz CT molecular complexity index is 154. The molecule has 0 aromatic rings. The number of aliphatic hydroxyl groups is 1. The van der Waals surface area contributed by atoms with Crippen LogP contribution in [0.5, 0.6) is 0 Å². The molecule has 0 saturated carbocycles. The maximum absolute atomic E-state index is 10.5. The van der Waals surface area contributed by atoms with Crippen molar-refractivity contribution >= 4 is 11.9 Å². The van der Waals surface area contributed by atoms with Crippen LogP contribution in [0.3, 0.4) is 0 Å². The van der Waals surface area contributed by atoms with Crippen LogP contribution in [-0.2, 0) is 19.4 Å². The highest BCUT2D eigenvalue weighted by atomic mass is 17.2. The normalized spacial score (nSPS) is 9.42. The summed E-state index contributed by atoms with van der Waals surface area (Å²) in [5.74, 6) is -1.83. The van der Waals surface area contributed by atoms with Crippen molar-refractivity contribution in [2.24, 2.45) is 0 Å². The third kappa shape index (κ3) is 6.97. The minimum atomic E-state index is -1.07. The lowest BCUT2D eigenvalue weighted by Crippen LogP contribution is -2.09. The fourth-order valence-electron chi connectivity index (χ4n) is 0.395. The summed E-state index contributed by atoms with van der Waals surface area (Å²) in [6.45, 7) is -0.370. The molecular weight excluding hydrogens is 168 g/mol. The van der Waals surface area contributed by atoms with Crippen molar-refractivity contribution in [1.29, 1.82) is 0 Å². The number of aliphatic carboxylic acids is 1. The molecule has 0 radical (unpaired) electrons. The van der Waals surface area contributed by atoms with E-state index in [2.05, 4.69) is 9.78 Å². The molecule has 6 heteroatoms. The van der Waals surface area contributed by atoms with Crippen molar-refractivity contribution in [3.05, 3.63) is 0 Å². The number of rotatable bonds is 6. The quantitative estimate of drug-likeness (QED) is 0.318. The number of carboxylic acids is 1. The summed E-state index contributed by atoms with van der Waals surface area (Å²) < 4.78 is 0. The van der Waals surface area contributed by atoms with Gasteiger partial charge in [0.15, 0.2) is 0 Å². The molecule has 0 saturated heterocycles. The second-order valence-corrected chi connectivity index (χ2v) is 1.89. The Morgan fingerprint density at radius 3 is 2.42 bits per heavy atom. The fraction of sp³-hybridized carbons (Fsp3) is 0.667. The molecule has 0 spiro atoms. The van der Waals surface area contributed by atoms with Crippen LogP contribution in [0.4, 0.5) is 0 Å². The van der Waals surface area contributed by atoms with Gasteiger partial charge in [-0.15, -0.1) is 0 Å². The molecule has 0 bridgehead atoms. The molecule has 12 heavy (non-hydrogen) atoms. The van der Waals surface area contributed by atoms with Crippen molar-refractivity contribution in [3.8, 4) is 0 Å². The first-order chi connectivity index (χ1) is 5.66. The van der Waals surface area contributed by atoms with Gasteiger partial charge >= 0.3 is 11.9 Å². The molecule has 0 atom stereocenters. The molecular formula is C6H10O6. The van der Waals surface area contributed by atoms with Crippen molar-refractivity contribution in [2.45, 2.75) is 12.8 Å². The number of aliphatic hydroxyl groups excluding tert-OH is 1. The number of carbonyl (C=O) groups is 2. The van der Waals surface area contributed by atoms with Gasteiger partial charge in [-0.05, 0) is 0 Å². The summed E-state index contributed by atoms with van der Waals surface area (Å²) in [5.41, 5.74) is 0. The molecule has 2 N–H and O–H groups in total. The molecule has 6 nitrogen and oxygen atoms in total. The number of carboxylic acid groups (broad SMARTS) is 1. The van der Waals surface area contributed by atoms with Crippen molar-refractivity contribution in [2.75, 3.05) is 13.2 Å². The Labute approximate surface area is 68.6 Å². The van der Waals surface area contributed by atoms with Crippen LogP contribution in [-0.4, -0.2) is 35.4 Å². The van der Waals surface area contributed by atoms with Crippen LogP contribution < -0.4 is 0 Å². The van der Waals surface area contributed by atoms with E-state index < -0.39 is 11.9 Å². The Morgan fingerprint density at radius 2 is 1.92 bits per heavy atom. The molecule has 0 aliphatic heterocycles. The molecule has 0 aliphatic carbocycles. The molecule has 0 amide bonds. The Morgan fingerprint density at radius 1 is 1.25 bits per heavy atom. The first kappa shape index (κ1) is 10.9. The zero-order valence-electron chi connectivity index (χ0n) is 6.36. The second kappa shape index (κ2) is 6.56. The predicted molar refractivity (Wildman–Crippen MR) is 36.0 cm³/mol. The molecule has 0 aromatic heterocycles. The van der Waals surface area contributed by atoms with Gasteiger partial charge in [-0.1, -0.05) is 0 Å². The topological polar surface area (TPSA) is 93.1 Å². The van der Waals surface area contributed by atoms with E-state index in [9.17, 15) is 9.59 Å². The number of carbonyl (C=O) groups excluding carboxylic acids is 1. The molecule has 0 unspecified atom stereocenters. The Balaban J connectivity index is 3.28. The third-order valence-corrected chi connectivity index (χ3v) is 0.869. The zero-order valence-corrected chi connectivity index (χ0v) is 6.36. The van der Waals surface area contributed by atoms with Gasteiger partial charge in [-0.3, -0.25) is 9.68 Å². The summed E-state index contributed by atoms with van der Waals surface area (Å²) in [7, 11) is 0. The number of hydrogen-bond acceptors (Lipinski definition) is 5. The molecule has 0 rings (SSSR count). The van der Waals surface area contributed by atoms with Crippen LogP contribution >= 0.6 is 0 Å². The minimum absolute atomic E-state index is 0.112. The van der Waals surface area contributed by atoms with E-state index in [1.54, 1.807) is 0 Å². The lowest BCUT2D eigenvalue weighted by Gasteiger charge is -1.99. The monoisotopic (exact) mass is 178 g/mol. The van der Waals surface area contributed by atoms with Crippen LogP contribution in [0.1, 0.15) is 12.8 Å². The summed E-state index contributed by atoms with van der Waals surface area (Å²) in [6, 6.07) is 0. The van der Waals surface area contributed by atoms with Crippen molar-refractivity contribution < 1.29 is 29.6 Å². The predicted octanol–water partition coefficient (Wildman–Crippen LogP) is -0.682. The van der Waals surface area contributed by atoms with Gasteiger partial charge < -0.3 is 10.2 Å². The molecule has 70 valence electrons. The highest BCUT2D eigenvalue weighted by Crippen LogP contribution is 1.92. The molecule has 0 aromatic carbocycles. The Hall–Kier alpha value is -1.14. The first-order valence-corrected chi connectivity index (χ1v) is 3.31. The second-order valence-electron chi connectivity index (χ2n) is 1.89. The summed E-state index contributed by atoms with van der Waals surface area (Å²) in [6.07, 6.45) is -0.526. The van der Waals surface area contributed by atoms with E-state index in [4.69, 9.17) is 10.2 Å². The van der Waals surface area contributed by atoms with E-state index in [1.807, 2.05) is 0 Å². The maximum Gasteiger partial charge on any atom is 0.342 e. The lowest BCUT2D eigenvalue weighted by atomic mass is 10.3. The van der Waals surface area contributed by atoms with E-state index >= 15 is 0 Å². The lowest BCUT2D eigenvalue weighted by molar-refractivity contribution is -0.275. The van der Waals surface area contributed by atoms with Crippen LogP contribution in [0.15, 0.2) is 0 Å². The zero-order chi connectivity index (χ0) is 9.40. The maximum atomic E-state index is 10.5. The molecule has 0 aliphatic rings. The SMILES string of the molecule is O=C(O)CCC(=O)OOCCO. The van der Waals surface area contributed by atoms with Gasteiger partial charge in [0.2, 0.25) is 0 Å². The van der Waals surface area contributed by atoms with Gasteiger partial charge in [0.25, 0.3) is 0 Å². The van der Waals surface area contributed by atoms with E-state index in [0.29, 0.717) is 0 Å². The number of hydrogen-bond donors (Lipinski definition) is 2. The smallest absolute Gasteiger partial charge is 0.342 e. The van der Waals surface area contributed by atoms with Crippen LogP contribution in [0.25, 0.3) is 0 Å². The highest BCUT2D eigenvalue weighted by molar-refractivity contribution is 5.76. The largest absolute Gasteiger partial charge is 0.481 e. The van der Waals surface area contributed by atoms with Crippen molar-refractivity contribution in [3.63, 3.8) is 0 Å². The van der Waals surface area contributed by atoms with Gasteiger partial charge in [0.1, 0.15) is 6.61 Å². The van der Waals surface area contributed by atoms with Crippen molar-refractivity contribution in [1.82, 2.24) is 0 Å². The van der Waals surface area contributed by atoms with E-state index in [-0.39, 0.29) is 26.1 Å². The average Bonchev–Trinajstić information content (AvgIpc) is 2.01. The summed E-state index contributed by atoms with van der Waals surface area (Å²) >= 11 is 0. The van der Waals surface area contributed by atoms with Gasteiger partial charge in [0.05, 0.1) is 19.4 Å². The summed E-state index contributed by atoms with van der Waals surface area (Å²) in [5, 5.41) is 16.3. The van der Waals surface area contributed by atoms with Crippen LogP contribution in [0.2, 0.25) is 0 Å². The summed E-state index contributed by atoms with van der Waals surface area (Å²) in [4.78, 5) is 28.7. The highest BCUT2D eigenvalue weighted by Gasteiger charge is 2.06. The van der Waals surface area contributed by atoms with Gasteiger partial charge in [-0.25, -0.2) is 4.79 Å². The molecule has 0 fully saturated rings. The average molecular weight is 178 g/mol. The van der Waals surface area contributed by atoms with Crippen LogP contribution in [0, 0.1) is 0 Å². The van der Waals surface area contributed by atoms with E-state index in [0.717, 1.165) is 0 Å². The van der Waals surface area contributed by atoms with E-state index in [1.165, 1.54) is 0 Å². The van der Waals surface area contributed by atoms with Gasteiger partial charge in [0, 0.05) is 0 Å². The standard InChI is InChI=1S/C6H10O6/c7-3-4-11-12-6(10)2-1-5(8)9/h7H,1-4H2,(H,8,9). The Kier molecular flexibility index (Phi) is 5.94.